The molecule has 4 rings (SSSR count). The Kier molecular flexibility index (Phi) is 5.22. The highest BCUT2D eigenvalue weighted by Crippen LogP contribution is 2.52. The molecule has 0 amide bonds. The molecule has 7 N–H and O–H groups in total. The van der Waals surface area contributed by atoms with Gasteiger partial charge in [0.25, 0.3) is 0 Å². The van der Waals surface area contributed by atoms with Gasteiger partial charge in [0, 0.05) is 6.54 Å². The van der Waals surface area contributed by atoms with Crippen molar-refractivity contribution in [3.8, 4) is 0 Å². The van der Waals surface area contributed by atoms with Crippen LogP contribution in [0.5, 0.6) is 0 Å². The van der Waals surface area contributed by atoms with E-state index in [4.69, 9.17) is 25.3 Å². The highest BCUT2D eigenvalue weighted by atomic mass is 31.2. The lowest BCUT2D eigenvalue weighted by Crippen LogP contribution is -2.39. The van der Waals surface area contributed by atoms with Crippen LogP contribution in [0.3, 0.4) is 0 Å². The number of nitrogens with two attached hydrogens (primary N) is 2. The predicted molar refractivity (Wildman–Crippen MR) is 97.1 cm³/mol. The zero-order chi connectivity index (χ0) is 19.9. The highest BCUT2D eigenvalue weighted by molar-refractivity contribution is 7.47. The number of hydrogen-bond donors (Lipinski definition) is 5. The quantitative estimate of drug-likeness (QED) is 0.296. The van der Waals surface area contributed by atoms with Gasteiger partial charge in [-0.1, -0.05) is 0 Å². The van der Waals surface area contributed by atoms with Crippen LogP contribution < -0.4 is 16.8 Å². The maximum absolute atomic E-state index is 11.7. The number of nitrogens with one attached hydrogen (secondary N) is 1. The number of fused-ring (bicyclic) bond motifs is 2. The number of anilines is 2. The smallest absolute Gasteiger partial charge is 0.386 e. The van der Waals surface area contributed by atoms with E-state index in [0.717, 1.165) is 12.8 Å². The first-order chi connectivity index (χ1) is 13.4. The Bertz CT molecular complexity index is 910. The topological polar surface area (TPSA) is 193 Å². The van der Waals surface area contributed by atoms with Crippen molar-refractivity contribution in [3.05, 3.63) is 6.33 Å². The number of hydrogen-bond acceptors (Lipinski definition) is 11. The lowest BCUT2D eigenvalue weighted by molar-refractivity contribution is -0.0659. The van der Waals surface area contributed by atoms with Gasteiger partial charge in [-0.2, -0.15) is 0 Å². The van der Waals surface area contributed by atoms with Crippen LogP contribution >= 0.6 is 7.82 Å². The van der Waals surface area contributed by atoms with Crippen LogP contribution in [0.15, 0.2) is 6.33 Å². The fourth-order valence-corrected chi connectivity index (χ4v) is 4.27. The van der Waals surface area contributed by atoms with Crippen molar-refractivity contribution in [1.82, 2.24) is 19.5 Å². The maximum atomic E-state index is 11.7. The molecule has 5 unspecified atom stereocenters. The molecule has 0 aliphatic carbocycles. The lowest BCUT2D eigenvalue weighted by atomic mass is 10.1. The normalized spacial score (nSPS) is 32.5. The summed E-state index contributed by atoms with van der Waals surface area (Å²) < 4.78 is 28.9. The second-order valence-corrected chi connectivity index (χ2v) is 7.96. The number of phosphoric acid groups is 1. The second kappa shape index (κ2) is 7.52. The van der Waals surface area contributed by atoms with Crippen LogP contribution in [0.4, 0.5) is 11.8 Å². The zero-order valence-corrected chi connectivity index (χ0v) is 15.7. The van der Waals surface area contributed by atoms with Gasteiger partial charge in [0.2, 0.25) is 5.95 Å². The van der Waals surface area contributed by atoms with E-state index >= 15 is 0 Å². The number of ether oxygens (including phenoxy) is 1. The number of unbranched alkanes of at least 4 members (excludes halogenated alkanes) is 1. The third-order valence-electron chi connectivity index (χ3n) is 4.64. The Labute approximate surface area is 159 Å². The first-order valence-corrected chi connectivity index (χ1v) is 10.3. The van der Waals surface area contributed by atoms with Crippen LogP contribution in [-0.4, -0.2) is 67.5 Å². The molecule has 5 atom stereocenters. The summed E-state index contributed by atoms with van der Waals surface area (Å²) in [6, 6.07) is 0. The van der Waals surface area contributed by atoms with Crippen molar-refractivity contribution in [2.24, 2.45) is 5.73 Å². The van der Waals surface area contributed by atoms with Gasteiger partial charge in [-0.3, -0.25) is 13.6 Å². The molecule has 2 aliphatic rings. The van der Waals surface area contributed by atoms with Crippen molar-refractivity contribution in [2.75, 3.05) is 30.7 Å². The van der Waals surface area contributed by atoms with E-state index in [2.05, 4.69) is 20.3 Å². The minimum Gasteiger partial charge on any atom is -0.386 e. The molecule has 0 radical (unpaired) electrons. The Morgan fingerprint density at radius 2 is 2.21 bits per heavy atom. The fourth-order valence-electron chi connectivity index (χ4n) is 3.31. The SMILES string of the molecule is NCCCCNc1nc2c(N)ncnc2n1C1OC2COP(=O)(O)OC2C1O. The van der Waals surface area contributed by atoms with Crippen LogP contribution in [0.2, 0.25) is 0 Å². The van der Waals surface area contributed by atoms with E-state index < -0.39 is 32.4 Å². The van der Waals surface area contributed by atoms with E-state index in [-0.39, 0.29) is 12.4 Å². The summed E-state index contributed by atoms with van der Waals surface area (Å²) in [5.74, 6) is 0.549. The van der Waals surface area contributed by atoms with Gasteiger partial charge in [0.15, 0.2) is 23.2 Å². The number of aliphatic hydroxyl groups excluding tert-OH is 1. The number of phosphoric ester groups is 1. The largest absolute Gasteiger partial charge is 0.472 e. The van der Waals surface area contributed by atoms with Crippen molar-refractivity contribution < 1.29 is 28.3 Å². The molecule has 28 heavy (non-hydrogen) atoms. The van der Waals surface area contributed by atoms with E-state index in [1.165, 1.54) is 6.33 Å². The van der Waals surface area contributed by atoms with Crippen molar-refractivity contribution in [1.29, 1.82) is 0 Å². The van der Waals surface area contributed by atoms with Gasteiger partial charge in [0.05, 0.1) is 6.61 Å². The summed E-state index contributed by atoms with van der Waals surface area (Å²) in [5, 5.41) is 13.9. The van der Waals surface area contributed by atoms with Gasteiger partial charge in [0.1, 0.15) is 24.6 Å². The molecule has 2 aliphatic heterocycles. The monoisotopic (exact) mass is 415 g/mol. The molecule has 0 spiro atoms. The third-order valence-corrected chi connectivity index (χ3v) is 5.63. The predicted octanol–water partition coefficient (Wildman–Crippen LogP) is -0.667. The summed E-state index contributed by atoms with van der Waals surface area (Å²) in [6.07, 6.45) is -1.07. The maximum Gasteiger partial charge on any atom is 0.472 e. The van der Waals surface area contributed by atoms with Gasteiger partial charge < -0.3 is 31.5 Å². The summed E-state index contributed by atoms with van der Waals surface area (Å²) in [6.45, 7) is 0.965. The number of nitrogens with zero attached hydrogens (tertiary/aromatic N) is 4. The number of aromatic nitrogens is 4. The van der Waals surface area contributed by atoms with Crippen LogP contribution in [0.1, 0.15) is 19.1 Å². The molecule has 14 heteroatoms. The number of aliphatic hydroxyl groups is 1. The summed E-state index contributed by atoms with van der Waals surface area (Å²) >= 11 is 0. The van der Waals surface area contributed by atoms with E-state index in [9.17, 15) is 14.6 Å². The van der Waals surface area contributed by atoms with Gasteiger partial charge in [-0.25, -0.2) is 19.5 Å². The Hall–Kier alpha value is -1.86. The first-order valence-electron chi connectivity index (χ1n) is 8.83. The molecule has 4 heterocycles. The van der Waals surface area contributed by atoms with E-state index in [1.54, 1.807) is 4.57 Å². The molecule has 154 valence electrons. The van der Waals surface area contributed by atoms with Gasteiger partial charge in [-0.05, 0) is 19.4 Å². The average molecular weight is 415 g/mol. The van der Waals surface area contributed by atoms with Crippen molar-refractivity contribution in [3.63, 3.8) is 0 Å². The third kappa shape index (κ3) is 3.46. The molecular formula is C14H22N7O6P. The van der Waals surface area contributed by atoms with Crippen molar-refractivity contribution >= 4 is 30.8 Å². The second-order valence-electron chi connectivity index (χ2n) is 6.55. The molecule has 0 aromatic carbocycles. The van der Waals surface area contributed by atoms with Crippen LogP contribution in [-0.2, 0) is 18.3 Å². The fraction of sp³-hybridized carbons (Fsp3) is 0.643. The molecule has 2 saturated heterocycles. The standard InChI is InChI=1S/C14H22N7O6P/c15-3-1-2-4-17-14-20-8-11(16)18-6-19-12(8)21(14)13-9(22)10-7(26-13)5-25-28(23,24)27-10/h6-7,9-10,13,22H,1-5,15H2,(H,17,20)(H,23,24)(H2,16,18,19). The van der Waals surface area contributed by atoms with E-state index in [1.807, 2.05) is 0 Å². The van der Waals surface area contributed by atoms with Crippen LogP contribution in [0, 0.1) is 0 Å². The van der Waals surface area contributed by atoms with Crippen LogP contribution in [0.25, 0.3) is 11.2 Å². The summed E-state index contributed by atoms with van der Waals surface area (Å²) in [5.41, 5.74) is 12.1. The Morgan fingerprint density at radius 3 is 3.00 bits per heavy atom. The average Bonchev–Trinajstić information content (AvgIpc) is 3.17. The Morgan fingerprint density at radius 1 is 1.39 bits per heavy atom. The zero-order valence-electron chi connectivity index (χ0n) is 14.8. The number of imidazole rings is 1. The summed E-state index contributed by atoms with van der Waals surface area (Å²) in [4.78, 5) is 22.1. The first kappa shape index (κ1) is 19.5. The molecular weight excluding hydrogens is 393 g/mol. The van der Waals surface area contributed by atoms with E-state index in [0.29, 0.717) is 30.2 Å². The molecule has 2 aromatic heterocycles. The Balaban J connectivity index is 1.69. The number of rotatable bonds is 6. The molecule has 2 fully saturated rings. The highest BCUT2D eigenvalue weighted by Gasteiger charge is 2.53. The number of nitrogen functional groups attached to an aromatic ring is 1. The lowest BCUT2D eigenvalue weighted by Gasteiger charge is -2.27. The summed E-state index contributed by atoms with van der Waals surface area (Å²) in [7, 11) is -4.23. The molecule has 0 bridgehead atoms. The molecule has 2 aromatic rings. The molecule has 0 saturated carbocycles. The van der Waals surface area contributed by atoms with Gasteiger partial charge in [-0.15, -0.1) is 0 Å². The minimum absolute atomic E-state index is 0.179. The van der Waals surface area contributed by atoms with Crippen molar-refractivity contribution in [2.45, 2.75) is 37.4 Å². The van der Waals surface area contributed by atoms with Gasteiger partial charge >= 0.3 is 7.82 Å². The molecule has 13 nitrogen and oxygen atoms in total. The minimum atomic E-state index is -4.23.